The van der Waals surface area contributed by atoms with Crippen LogP contribution in [0.4, 0.5) is 0 Å². The number of phenolic OH excluding ortho intramolecular Hbond substituents is 1. The number of aryl methyl sites for hydroxylation is 1. The Morgan fingerprint density at radius 3 is 2.27 bits per heavy atom. The van der Waals surface area contributed by atoms with E-state index in [2.05, 4.69) is 0 Å². The highest BCUT2D eigenvalue weighted by molar-refractivity contribution is 5.48. The Morgan fingerprint density at radius 2 is 1.73 bits per heavy atom. The van der Waals surface area contributed by atoms with Crippen LogP contribution >= 0.6 is 0 Å². The van der Waals surface area contributed by atoms with Gasteiger partial charge in [-0.15, -0.1) is 0 Å². The van der Waals surface area contributed by atoms with Crippen LogP contribution in [0.3, 0.4) is 0 Å². The molecule has 1 aromatic rings. The van der Waals surface area contributed by atoms with Crippen LogP contribution in [0.1, 0.15) is 22.3 Å². The molecule has 3 heteroatoms. The predicted molar refractivity (Wildman–Crippen MR) is 59.0 cm³/mol. The van der Waals surface area contributed by atoms with E-state index in [1.165, 1.54) is 0 Å². The van der Waals surface area contributed by atoms with Crippen LogP contribution in [0.5, 0.6) is 5.75 Å². The SMILES string of the molecule is COCc1cc(C)c(C)c(COC)c1O. The minimum Gasteiger partial charge on any atom is -0.507 e. The van der Waals surface area contributed by atoms with Gasteiger partial charge < -0.3 is 14.6 Å². The number of rotatable bonds is 4. The molecule has 84 valence electrons. The molecule has 0 fully saturated rings. The van der Waals surface area contributed by atoms with Crippen molar-refractivity contribution in [2.45, 2.75) is 27.1 Å². The third-order valence-electron chi connectivity index (χ3n) is 2.61. The zero-order chi connectivity index (χ0) is 11.4. The molecule has 0 saturated heterocycles. The van der Waals surface area contributed by atoms with Crippen molar-refractivity contribution in [3.8, 4) is 5.75 Å². The highest BCUT2D eigenvalue weighted by Gasteiger charge is 2.12. The van der Waals surface area contributed by atoms with Crippen molar-refractivity contribution < 1.29 is 14.6 Å². The molecule has 0 aromatic heterocycles. The van der Waals surface area contributed by atoms with Crippen molar-refractivity contribution in [3.05, 3.63) is 28.3 Å². The largest absolute Gasteiger partial charge is 0.507 e. The molecule has 0 heterocycles. The topological polar surface area (TPSA) is 38.7 Å². The number of ether oxygens (including phenoxy) is 2. The van der Waals surface area contributed by atoms with Crippen LogP contribution in [-0.2, 0) is 22.7 Å². The number of hydrogen-bond donors (Lipinski definition) is 1. The molecule has 0 bridgehead atoms. The number of phenols is 1. The van der Waals surface area contributed by atoms with E-state index in [0.717, 1.165) is 22.3 Å². The van der Waals surface area contributed by atoms with Crippen molar-refractivity contribution >= 4 is 0 Å². The van der Waals surface area contributed by atoms with Crippen LogP contribution in [0, 0.1) is 13.8 Å². The molecule has 1 aromatic carbocycles. The minimum absolute atomic E-state index is 0.293. The quantitative estimate of drug-likeness (QED) is 0.828. The number of aromatic hydroxyl groups is 1. The van der Waals surface area contributed by atoms with Gasteiger partial charge in [-0.3, -0.25) is 0 Å². The molecule has 1 rings (SSSR count). The zero-order valence-corrected chi connectivity index (χ0v) is 9.76. The number of benzene rings is 1. The van der Waals surface area contributed by atoms with Crippen LogP contribution < -0.4 is 0 Å². The van der Waals surface area contributed by atoms with Gasteiger partial charge in [0.05, 0.1) is 13.2 Å². The molecule has 1 N–H and O–H groups in total. The fraction of sp³-hybridized carbons (Fsp3) is 0.500. The highest BCUT2D eigenvalue weighted by atomic mass is 16.5. The summed E-state index contributed by atoms with van der Waals surface area (Å²) in [6, 6.07) is 1.95. The number of hydrogen-bond acceptors (Lipinski definition) is 3. The summed E-state index contributed by atoms with van der Waals surface area (Å²) in [5.74, 6) is 0.293. The molecule has 0 unspecified atom stereocenters. The lowest BCUT2D eigenvalue weighted by Crippen LogP contribution is -2.00. The monoisotopic (exact) mass is 210 g/mol. The molecule has 0 spiro atoms. The fourth-order valence-electron chi connectivity index (χ4n) is 1.63. The van der Waals surface area contributed by atoms with E-state index in [4.69, 9.17) is 9.47 Å². The molecule has 0 aliphatic heterocycles. The standard InChI is InChI=1S/C12H18O3/c1-8-5-10(6-14-3)12(13)11(7-15-4)9(8)2/h5,13H,6-7H2,1-4H3. The van der Waals surface area contributed by atoms with Gasteiger partial charge in [-0.05, 0) is 31.0 Å². The smallest absolute Gasteiger partial charge is 0.126 e. The maximum Gasteiger partial charge on any atom is 0.126 e. The van der Waals surface area contributed by atoms with Gasteiger partial charge in [-0.25, -0.2) is 0 Å². The third kappa shape index (κ3) is 2.49. The Kier molecular flexibility index (Phi) is 4.12. The summed E-state index contributed by atoms with van der Waals surface area (Å²) < 4.78 is 10.1. The predicted octanol–water partition coefficient (Wildman–Crippen LogP) is 2.30. The fourth-order valence-corrected chi connectivity index (χ4v) is 1.63. The van der Waals surface area contributed by atoms with Crippen LogP contribution in [0.2, 0.25) is 0 Å². The van der Waals surface area contributed by atoms with Crippen molar-refractivity contribution in [2.24, 2.45) is 0 Å². The van der Waals surface area contributed by atoms with E-state index >= 15 is 0 Å². The first kappa shape index (κ1) is 12.0. The first-order chi connectivity index (χ1) is 7.11. The first-order valence-corrected chi connectivity index (χ1v) is 4.90. The summed E-state index contributed by atoms with van der Waals surface area (Å²) in [6.07, 6.45) is 0. The summed E-state index contributed by atoms with van der Waals surface area (Å²) in [4.78, 5) is 0. The second-order valence-electron chi connectivity index (χ2n) is 3.67. The van der Waals surface area contributed by atoms with Gasteiger partial charge in [-0.1, -0.05) is 0 Å². The number of methoxy groups -OCH3 is 2. The van der Waals surface area contributed by atoms with Crippen molar-refractivity contribution in [2.75, 3.05) is 14.2 Å². The average molecular weight is 210 g/mol. The Hall–Kier alpha value is -1.06. The molecular weight excluding hydrogens is 192 g/mol. The molecule has 0 amide bonds. The maximum atomic E-state index is 10.00. The molecule has 0 radical (unpaired) electrons. The van der Waals surface area contributed by atoms with E-state index in [1.54, 1.807) is 14.2 Å². The minimum atomic E-state index is 0.293. The van der Waals surface area contributed by atoms with Crippen molar-refractivity contribution in [3.63, 3.8) is 0 Å². The van der Waals surface area contributed by atoms with Gasteiger partial charge in [0, 0.05) is 25.3 Å². The second-order valence-corrected chi connectivity index (χ2v) is 3.67. The maximum absolute atomic E-state index is 10.00. The summed E-state index contributed by atoms with van der Waals surface area (Å²) in [6.45, 7) is 4.85. The third-order valence-corrected chi connectivity index (χ3v) is 2.61. The van der Waals surface area contributed by atoms with Gasteiger partial charge in [-0.2, -0.15) is 0 Å². The Bertz CT molecular complexity index is 345. The highest BCUT2D eigenvalue weighted by Crippen LogP contribution is 2.29. The van der Waals surface area contributed by atoms with Gasteiger partial charge in [0.25, 0.3) is 0 Å². The van der Waals surface area contributed by atoms with Crippen molar-refractivity contribution in [1.29, 1.82) is 0 Å². The second kappa shape index (κ2) is 5.14. The van der Waals surface area contributed by atoms with Gasteiger partial charge >= 0.3 is 0 Å². The Balaban J connectivity index is 3.22. The molecule has 0 aliphatic rings. The lowest BCUT2D eigenvalue weighted by molar-refractivity contribution is 0.174. The average Bonchev–Trinajstić information content (AvgIpc) is 2.21. The lowest BCUT2D eigenvalue weighted by atomic mass is 9.98. The van der Waals surface area contributed by atoms with E-state index in [1.807, 2.05) is 19.9 Å². The van der Waals surface area contributed by atoms with Crippen molar-refractivity contribution in [1.82, 2.24) is 0 Å². The van der Waals surface area contributed by atoms with E-state index in [0.29, 0.717) is 19.0 Å². The van der Waals surface area contributed by atoms with E-state index in [-0.39, 0.29) is 0 Å². The van der Waals surface area contributed by atoms with Crippen LogP contribution in [0.25, 0.3) is 0 Å². The van der Waals surface area contributed by atoms with E-state index < -0.39 is 0 Å². The molecule has 3 nitrogen and oxygen atoms in total. The van der Waals surface area contributed by atoms with Gasteiger partial charge in [0.15, 0.2) is 0 Å². The molecule has 0 saturated carbocycles. The zero-order valence-electron chi connectivity index (χ0n) is 9.76. The van der Waals surface area contributed by atoms with Gasteiger partial charge in [0.2, 0.25) is 0 Å². The molecule has 0 atom stereocenters. The molecular formula is C12H18O3. The van der Waals surface area contributed by atoms with Crippen LogP contribution in [0.15, 0.2) is 6.07 Å². The molecule has 0 aliphatic carbocycles. The lowest BCUT2D eigenvalue weighted by Gasteiger charge is -2.14. The molecule has 15 heavy (non-hydrogen) atoms. The Morgan fingerprint density at radius 1 is 1.13 bits per heavy atom. The van der Waals surface area contributed by atoms with Gasteiger partial charge in [0.1, 0.15) is 5.75 Å². The first-order valence-electron chi connectivity index (χ1n) is 4.90. The normalized spacial score (nSPS) is 10.7. The summed E-state index contributed by atoms with van der Waals surface area (Å²) >= 11 is 0. The summed E-state index contributed by atoms with van der Waals surface area (Å²) in [5, 5.41) is 10.00. The Labute approximate surface area is 90.6 Å². The summed E-state index contributed by atoms with van der Waals surface area (Å²) in [7, 11) is 3.24. The van der Waals surface area contributed by atoms with Crippen LogP contribution in [-0.4, -0.2) is 19.3 Å². The summed E-state index contributed by atoms with van der Waals surface area (Å²) in [5.41, 5.74) is 3.89. The van der Waals surface area contributed by atoms with E-state index in [9.17, 15) is 5.11 Å².